The molecule has 2 aliphatic heterocycles. The highest BCUT2D eigenvalue weighted by Crippen LogP contribution is 2.33. The molecule has 7 nitrogen and oxygen atoms in total. The van der Waals surface area contributed by atoms with E-state index in [2.05, 4.69) is 0 Å². The van der Waals surface area contributed by atoms with Crippen LogP contribution in [0.2, 0.25) is 0 Å². The number of carbonyl (C=O) groups is 1. The van der Waals surface area contributed by atoms with Gasteiger partial charge in [0.2, 0.25) is 0 Å². The van der Waals surface area contributed by atoms with Crippen LogP contribution in [0.5, 0.6) is 0 Å². The summed E-state index contributed by atoms with van der Waals surface area (Å²) in [5.74, 6) is -1.24. The Kier molecular flexibility index (Phi) is 7.90. The molecule has 0 amide bonds. The van der Waals surface area contributed by atoms with E-state index in [0.717, 1.165) is 16.7 Å². The van der Waals surface area contributed by atoms with Gasteiger partial charge in [0.1, 0.15) is 31.2 Å². The first-order valence-corrected chi connectivity index (χ1v) is 10.9. The third-order valence-electron chi connectivity index (χ3n) is 5.57. The highest BCUT2D eigenvalue weighted by atomic mass is 16.8. The van der Waals surface area contributed by atoms with Crippen LogP contribution in [0, 0.1) is 13.8 Å². The van der Waals surface area contributed by atoms with Gasteiger partial charge in [-0.15, -0.1) is 0 Å². The third-order valence-corrected chi connectivity index (χ3v) is 5.57. The van der Waals surface area contributed by atoms with Crippen molar-refractivity contribution >= 4 is 12.0 Å². The molecule has 176 valence electrons. The highest BCUT2D eigenvalue weighted by Gasteiger charge is 2.43. The Bertz CT molecular complexity index is 873. The summed E-state index contributed by atoms with van der Waals surface area (Å²) < 4.78 is 28.5. The predicted octanol–water partition coefficient (Wildman–Crippen LogP) is 3.69. The smallest absolute Gasteiger partial charge is 0.339 e. The summed E-state index contributed by atoms with van der Waals surface area (Å²) in [5.41, 5.74) is 3.18. The van der Waals surface area contributed by atoms with Crippen molar-refractivity contribution in [1.29, 1.82) is 0 Å². The first kappa shape index (κ1) is 24.6. The predicted molar refractivity (Wildman–Crippen MR) is 120 cm³/mol. The summed E-state index contributed by atoms with van der Waals surface area (Å²) in [4.78, 5) is 13.1. The molecule has 0 aromatic heterocycles. The van der Waals surface area contributed by atoms with Crippen molar-refractivity contribution in [3.05, 3.63) is 52.6 Å². The van der Waals surface area contributed by atoms with Gasteiger partial charge in [0, 0.05) is 7.11 Å². The Labute approximate surface area is 189 Å². The van der Waals surface area contributed by atoms with Gasteiger partial charge in [-0.25, -0.2) is 4.79 Å². The molecule has 1 fully saturated rings. The number of fused-ring (bicyclic) bond motifs is 2. The SMILES string of the molecule is COCO[C@@H]1C=CC(O)[C@H]2OC(C)(C)O[C@H]2C/C=C/c2cc(C)cc(C)c2C(=O)O[C@H]1C. The minimum absolute atomic E-state index is 0.0171. The van der Waals surface area contributed by atoms with Crippen molar-refractivity contribution < 1.29 is 33.6 Å². The van der Waals surface area contributed by atoms with Gasteiger partial charge in [-0.05, 0) is 52.2 Å². The fraction of sp³-hybridized carbons (Fsp3) is 0.560. The molecule has 0 saturated carbocycles. The van der Waals surface area contributed by atoms with Crippen molar-refractivity contribution in [2.75, 3.05) is 13.9 Å². The number of hydrogen-bond donors (Lipinski definition) is 1. The molecule has 0 aliphatic carbocycles. The number of carbonyl (C=O) groups excluding carboxylic acids is 1. The summed E-state index contributed by atoms with van der Waals surface area (Å²) in [6.45, 7) is 9.31. The maximum absolute atomic E-state index is 13.1. The minimum atomic E-state index is -0.925. The highest BCUT2D eigenvalue weighted by molar-refractivity contribution is 5.95. The van der Waals surface area contributed by atoms with Gasteiger partial charge >= 0.3 is 5.97 Å². The van der Waals surface area contributed by atoms with Crippen LogP contribution in [0.1, 0.15) is 54.2 Å². The molecule has 5 atom stereocenters. The van der Waals surface area contributed by atoms with Gasteiger partial charge in [0.05, 0.1) is 11.7 Å². The zero-order chi connectivity index (χ0) is 23.5. The van der Waals surface area contributed by atoms with Crippen molar-refractivity contribution in [2.24, 2.45) is 0 Å². The van der Waals surface area contributed by atoms with Gasteiger partial charge in [-0.3, -0.25) is 0 Å². The summed E-state index contributed by atoms with van der Waals surface area (Å²) in [6, 6.07) is 3.92. The molecule has 0 bridgehead atoms. The number of hydrogen-bond acceptors (Lipinski definition) is 7. The summed E-state index contributed by atoms with van der Waals surface area (Å²) in [5, 5.41) is 10.8. The molecule has 1 aromatic rings. The Morgan fingerprint density at radius 3 is 2.66 bits per heavy atom. The molecule has 0 radical (unpaired) electrons. The van der Waals surface area contributed by atoms with Crippen molar-refractivity contribution in [3.63, 3.8) is 0 Å². The molecule has 2 heterocycles. The molecule has 3 rings (SSSR count). The van der Waals surface area contributed by atoms with E-state index in [9.17, 15) is 9.90 Å². The molecule has 7 heteroatoms. The fourth-order valence-corrected chi connectivity index (χ4v) is 4.20. The maximum atomic E-state index is 13.1. The lowest BCUT2D eigenvalue weighted by Crippen LogP contribution is -2.35. The number of aliphatic hydroxyl groups excluding tert-OH is 1. The number of benzene rings is 1. The zero-order valence-corrected chi connectivity index (χ0v) is 19.7. The van der Waals surface area contributed by atoms with Gasteiger partial charge in [0.15, 0.2) is 5.79 Å². The number of ether oxygens (including phenoxy) is 5. The van der Waals surface area contributed by atoms with Crippen LogP contribution < -0.4 is 0 Å². The second-order valence-electron chi connectivity index (χ2n) is 8.85. The molecule has 1 unspecified atom stereocenters. The summed E-state index contributed by atoms with van der Waals surface area (Å²) in [6.07, 6.45) is 4.60. The molecule has 32 heavy (non-hydrogen) atoms. The maximum Gasteiger partial charge on any atom is 0.339 e. The van der Waals surface area contributed by atoms with E-state index in [4.69, 9.17) is 23.7 Å². The largest absolute Gasteiger partial charge is 0.456 e. The Balaban J connectivity index is 2.02. The van der Waals surface area contributed by atoms with E-state index in [-0.39, 0.29) is 12.9 Å². The van der Waals surface area contributed by atoms with E-state index in [1.165, 1.54) is 7.11 Å². The summed E-state index contributed by atoms with van der Waals surface area (Å²) >= 11 is 0. The number of esters is 1. The number of rotatable bonds is 3. The summed E-state index contributed by atoms with van der Waals surface area (Å²) in [7, 11) is 1.52. The third kappa shape index (κ3) is 5.85. The Morgan fingerprint density at radius 2 is 1.94 bits per heavy atom. The first-order valence-electron chi connectivity index (χ1n) is 10.9. The molecular weight excluding hydrogens is 412 g/mol. The average molecular weight is 447 g/mol. The van der Waals surface area contributed by atoms with Gasteiger partial charge in [0.25, 0.3) is 0 Å². The number of methoxy groups -OCH3 is 1. The molecule has 2 aliphatic rings. The van der Waals surface area contributed by atoms with Crippen LogP contribution in [0.3, 0.4) is 0 Å². The van der Waals surface area contributed by atoms with Crippen molar-refractivity contribution in [2.45, 2.75) is 77.3 Å². The standard InChI is InChI=1S/C25H34O7/c1-15-12-16(2)22-18(13-15)8-7-9-21-23(32-25(4,5)31-21)19(26)10-11-20(29-14-28-6)17(3)30-24(22)27/h7-8,10-13,17,19-21,23,26H,9,14H2,1-6H3/b8-7+,11-10?/t17-,19?,20+,21-,23+/m0/s1. The van der Waals surface area contributed by atoms with Crippen LogP contribution in [-0.2, 0) is 23.7 Å². The van der Waals surface area contributed by atoms with Crippen LogP contribution in [0.25, 0.3) is 6.08 Å². The Hall–Kier alpha value is -2.03. The normalized spacial score (nSPS) is 31.3. The van der Waals surface area contributed by atoms with Crippen LogP contribution in [0.4, 0.5) is 0 Å². The molecule has 1 aromatic carbocycles. The molecule has 1 N–H and O–H groups in total. The van der Waals surface area contributed by atoms with E-state index in [1.54, 1.807) is 19.1 Å². The number of aryl methyl sites for hydroxylation is 2. The topological polar surface area (TPSA) is 83.5 Å². The van der Waals surface area contributed by atoms with Crippen LogP contribution >= 0.6 is 0 Å². The Morgan fingerprint density at radius 1 is 1.19 bits per heavy atom. The van der Waals surface area contributed by atoms with E-state index in [1.807, 2.05) is 52.0 Å². The second-order valence-corrected chi connectivity index (χ2v) is 8.85. The molecular formula is C25H34O7. The lowest BCUT2D eigenvalue weighted by molar-refractivity contribution is -0.152. The zero-order valence-electron chi connectivity index (χ0n) is 19.7. The van der Waals surface area contributed by atoms with Crippen LogP contribution in [-0.4, -0.2) is 61.3 Å². The van der Waals surface area contributed by atoms with E-state index in [0.29, 0.717) is 12.0 Å². The second kappa shape index (κ2) is 10.3. The van der Waals surface area contributed by atoms with Gasteiger partial charge in [-0.2, -0.15) is 0 Å². The lowest BCUT2D eigenvalue weighted by Gasteiger charge is -2.24. The van der Waals surface area contributed by atoms with E-state index >= 15 is 0 Å². The quantitative estimate of drug-likeness (QED) is 0.431. The monoisotopic (exact) mass is 446 g/mol. The molecule has 0 spiro atoms. The number of aliphatic hydroxyl groups is 1. The van der Waals surface area contributed by atoms with Crippen LogP contribution in [0.15, 0.2) is 30.4 Å². The number of cyclic esters (lactones) is 1. The fourth-order valence-electron chi connectivity index (χ4n) is 4.20. The first-order chi connectivity index (χ1) is 15.1. The van der Waals surface area contributed by atoms with Crippen molar-refractivity contribution in [1.82, 2.24) is 0 Å². The van der Waals surface area contributed by atoms with E-state index < -0.39 is 36.2 Å². The van der Waals surface area contributed by atoms with Gasteiger partial charge in [-0.1, -0.05) is 42.0 Å². The minimum Gasteiger partial charge on any atom is -0.456 e. The average Bonchev–Trinajstić information content (AvgIpc) is 3.01. The lowest BCUT2D eigenvalue weighted by atomic mass is 9.97. The van der Waals surface area contributed by atoms with Crippen molar-refractivity contribution in [3.8, 4) is 0 Å². The molecule has 1 saturated heterocycles. The van der Waals surface area contributed by atoms with Gasteiger partial charge < -0.3 is 28.8 Å².